The highest BCUT2D eigenvalue weighted by molar-refractivity contribution is 8.00. The molecule has 5 rings (SSSR count). The molecule has 2 heterocycles. The normalized spacial score (nSPS) is 10.9. The minimum absolute atomic E-state index is 0.0883. The number of rotatable bonds is 11. The monoisotopic (exact) mass is 606 g/mol. The molecule has 5 aromatic rings. The van der Waals surface area contributed by atoms with E-state index in [1.807, 2.05) is 117 Å². The van der Waals surface area contributed by atoms with Crippen LogP contribution in [0.3, 0.4) is 0 Å². The van der Waals surface area contributed by atoms with E-state index in [9.17, 15) is 9.59 Å². The summed E-state index contributed by atoms with van der Waals surface area (Å²) in [6.45, 7) is 3.81. The Hall–Kier alpha value is -4.54. The Labute approximate surface area is 259 Å². The van der Waals surface area contributed by atoms with Crippen molar-refractivity contribution in [3.63, 3.8) is 0 Å². The highest BCUT2D eigenvalue weighted by atomic mass is 32.2. The quantitative estimate of drug-likeness (QED) is 0.107. The highest BCUT2D eigenvalue weighted by Crippen LogP contribution is 2.23. The minimum atomic E-state index is -0.709. The van der Waals surface area contributed by atoms with Crippen molar-refractivity contribution in [3.05, 3.63) is 120 Å². The molecule has 2 aromatic heterocycles. The average molecular weight is 607 g/mol. The number of carbonyl (C=O) groups excluding carboxylic acids is 2. The second-order valence-corrected chi connectivity index (χ2v) is 11.5. The zero-order chi connectivity index (χ0) is 30.0. The van der Waals surface area contributed by atoms with Gasteiger partial charge < -0.3 is 10.6 Å². The number of amides is 2. The first-order valence-electron chi connectivity index (χ1n) is 13.6. The van der Waals surface area contributed by atoms with Crippen LogP contribution in [0, 0.1) is 13.8 Å². The molecule has 0 saturated heterocycles. The van der Waals surface area contributed by atoms with E-state index >= 15 is 0 Å². The summed E-state index contributed by atoms with van der Waals surface area (Å²) in [6, 6.07) is 32.9. The summed E-state index contributed by atoms with van der Waals surface area (Å²) in [4.78, 5) is 44.3. The fourth-order valence-electron chi connectivity index (χ4n) is 4.24. The van der Waals surface area contributed by atoms with Gasteiger partial charge in [0.05, 0.1) is 22.9 Å². The lowest BCUT2D eigenvalue weighted by Crippen LogP contribution is -2.42. The zero-order valence-electron chi connectivity index (χ0n) is 23.7. The van der Waals surface area contributed by atoms with E-state index in [2.05, 4.69) is 30.6 Å². The molecular weight excluding hydrogens is 577 g/mol. The Morgan fingerprint density at radius 3 is 1.42 bits per heavy atom. The summed E-state index contributed by atoms with van der Waals surface area (Å²) in [5.74, 6) is -0.337. The van der Waals surface area contributed by atoms with Crippen LogP contribution in [0.4, 0.5) is 0 Å². The Balaban J connectivity index is 1.21. The summed E-state index contributed by atoms with van der Waals surface area (Å²) in [5.41, 5.74) is 5.96. The second-order valence-electron chi connectivity index (χ2n) is 9.64. The predicted molar refractivity (Wildman–Crippen MR) is 171 cm³/mol. The van der Waals surface area contributed by atoms with Gasteiger partial charge in [-0.1, -0.05) is 115 Å². The van der Waals surface area contributed by atoms with Gasteiger partial charge in [-0.25, -0.2) is 19.9 Å². The van der Waals surface area contributed by atoms with Crippen molar-refractivity contribution in [2.24, 2.45) is 0 Å². The molecule has 2 amide bonds. The standard InChI is InChI=1S/C33H30N6O2S2/c1-22-18-27(24-12-6-3-7-13-24)36-32(34-22)42-20-29(40)38-31(26-16-10-5-11-17-26)39-30(41)21-43-33-35-23(2)19-28(37-33)25-14-8-4-9-15-25/h3-19,31H,20-21H2,1-2H3,(H,38,40)(H,39,41). The van der Waals surface area contributed by atoms with Crippen molar-refractivity contribution in [2.45, 2.75) is 30.3 Å². The molecule has 216 valence electrons. The van der Waals surface area contributed by atoms with Gasteiger partial charge in [-0.2, -0.15) is 0 Å². The lowest BCUT2D eigenvalue weighted by Gasteiger charge is -2.20. The fraction of sp³-hybridized carbons (Fsp3) is 0.152. The molecule has 0 spiro atoms. The number of carbonyl (C=O) groups is 2. The summed E-state index contributed by atoms with van der Waals surface area (Å²) >= 11 is 2.50. The highest BCUT2D eigenvalue weighted by Gasteiger charge is 2.19. The molecule has 2 N–H and O–H groups in total. The maximum atomic E-state index is 13.0. The van der Waals surface area contributed by atoms with E-state index < -0.39 is 6.17 Å². The van der Waals surface area contributed by atoms with Gasteiger partial charge in [-0.05, 0) is 31.5 Å². The van der Waals surface area contributed by atoms with Crippen LogP contribution >= 0.6 is 23.5 Å². The maximum Gasteiger partial charge on any atom is 0.232 e. The SMILES string of the molecule is Cc1cc(-c2ccccc2)nc(SCC(=O)NC(NC(=O)CSc2nc(C)cc(-c3ccccc3)n2)c2ccccc2)n1. The van der Waals surface area contributed by atoms with Crippen LogP contribution in [-0.2, 0) is 9.59 Å². The predicted octanol–water partition coefficient (Wildman–Crippen LogP) is 6.03. The molecule has 0 bridgehead atoms. The molecule has 10 heteroatoms. The van der Waals surface area contributed by atoms with Crippen LogP contribution < -0.4 is 10.6 Å². The molecule has 0 atom stereocenters. The third-order valence-electron chi connectivity index (χ3n) is 6.21. The first-order chi connectivity index (χ1) is 20.9. The van der Waals surface area contributed by atoms with Crippen LogP contribution in [0.15, 0.2) is 113 Å². The van der Waals surface area contributed by atoms with Crippen LogP contribution in [0.25, 0.3) is 22.5 Å². The largest absolute Gasteiger partial charge is 0.331 e. The summed E-state index contributed by atoms with van der Waals surface area (Å²) < 4.78 is 0. The van der Waals surface area contributed by atoms with Crippen molar-refractivity contribution in [1.82, 2.24) is 30.6 Å². The molecule has 43 heavy (non-hydrogen) atoms. The first-order valence-corrected chi connectivity index (χ1v) is 15.6. The van der Waals surface area contributed by atoms with E-state index in [-0.39, 0.29) is 23.3 Å². The van der Waals surface area contributed by atoms with E-state index in [4.69, 9.17) is 0 Å². The number of hydrogen-bond acceptors (Lipinski definition) is 8. The minimum Gasteiger partial charge on any atom is -0.331 e. The molecule has 0 fully saturated rings. The van der Waals surface area contributed by atoms with Gasteiger partial charge in [0.15, 0.2) is 10.3 Å². The average Bonchev–Trinajstić information content (AvgIpc) is 3.03. The van der Waals surface area contributed by atoms with Crippen LogP contribution in [-0.4, -0.2) is 43.3 Å². The third-order valence-corrected chi connectivity index (χ3v) is 7.91. The lowest BCUT2D eigenvalue weighted by molar-refractivity contribution is -0.121. The van der Waals surface area contributed by atoms with Crippen LogP contribution in [0.5, 0.6) is 0 Å². The van der Waals surface area contributed by atoms with E-state index in [0.29, 0.717) is 10.3 Å². The molecule has 0 aliphatic carbocycles. The van der Waals surface area contributed by atoms with Gasteiger partial charge >= 0.3 is 0 Å². The van der Waals surface area contributed by atoms with Crippen molar-refractivity contribution >= 4 is 35.3 Å². The Kier molecular flexibility index (Phi) is 10.1. The van der Waals surface area contributed by atoms with E-state index in [1.54, 1.807) is 0 Å². The molecule has 3 aromatic carbocycles. The molecule has 8 nitrogen and oxygen atoms in total. The Morgan fingerprint density at radius 2 is 1.00 bits per heavy atom. The van der Waals surface area contributed by atoms with E-state index in [1.165, 1.54) is 23.5 Å². The maximum absolute atomic E-state index is 13.0. The summed E-state index contributed by atoms with van der Waals surface area (Å²) in [5, 5.41) is 6.92. The fourth-order valence-corrected chi connectivity index (χ4v) is 5.67. The van der Waals surface area contributed by atoms with Crippen molar-refractivity contribution in [2.75, 3.05) is 11.5 Å². The third kappa shape index (κ3) is 8.73. The molecule has 0 radical (unpaired) electrons. The van der Waals surface area contributed by atoms with Gasteiger partial charge in [-0.15, -0.1) is 0 Å². The summed E-state index contributed by atoms with van der Waals surface area (Å²) in [6.07, 6.45) is -0.709. The summed E-state index contributed by atoms with van der Waals surface area (Å²) in [7, 11) is 0. The number of nitrogens with zero attached hydrogens (tertiary/aromatic N) is 4. The number of thioether (sulfide) groups is 2. The topological polar surface area (TPSA) is 110 Å². The molecule has 0 unspecified atom stereocenters. The van der Waals surface area contributed by atoms with Crippen molar-refractivity contribution in [3.8, 4) is 22.5 Å². The molecule has 0 aliphatic heterocycles. The number of benzene rings is 3. The smallest absolute Gasteiger partial charge is 0.232 e. The van der Waals surface area contributed by atoms with E-state index in [0.717, 1.165) is 39.5 Å². The Bertz CT molecular complexity index is 1580. The number of aromatic nitrogens is 4. The van der Waals surface area contributed by atoms with Crippen molar-refractivity contribution < 1.29 is 9.59 Å². The second kappa shape index (κ2) is 14.6. The number of nitrogens with one attached hydrogen (secondary N) is 2. The zero-order valence-corrected chi connectivity index (χ0v) is 25.4. The molecular formula is C33H30N6O2S2. The lowest BCUT2D eigenvalue weighted by atomic mass is 10.1. The van der Waals surface area contributed by atoms with Gasteiger partial charge in [-0.3, -0.25) is 9.59 Å². The van der Waals surface area contributed by atoms with Crippen LogP contribution in [0.1, 0.15) is 23.1 Å². The number of hydrogen-bond donors (Lipinski definition) is 2. The van der Waals surface area contributed by atoms with Gasteiger partial charge in [0.25, 0.3) is 0 Å². The van der Waals surface area contributed by atoms with Gasteiger partial charge in [0.1, 0.15) is 6.17 Å². The Morgan fingerprint density at radius 1 is 0.605 bits per heavy atom. The molecule has 0 saturated carbocycles. The molecule has 0 aliphatic rings. The first kappa shape index (κ1) is 29.9. The van der Waals surface area contributed by atoms with Gasteiger partial charge in [0, 0.05) is 22.5 Å². The van der Waals surface area contributed by atoms with Crippen molar-refractivity contribution in [1.29, 1.82) is 0 Å². The number of aryl methyl sites for hydroxylation is 2. The van der Waals surface area contributed by atoms with Gasteiger partial charge in [0.2, 0.25) is 11.8 Å². The van der Waals surface area contributed by atoms with Crippen LogP contribution in [0.2, 0.25) is 0 Å².